The molecule has 0 aliphatic carbocycles. The topological polar surface area (TPSA) is 50.3 Å². The summed E-state index contributed by atoms with van der Waals surface area (Å²) in [6, 6.07) is 13.0. The first-order chi connectivity index (χ1) is 12.4. The molecule has 0 N–H and O–H groups in total. The summed E-state index contributed by atoms with van der Waals surface area (Å²) in [5.41, 5.74) is 1.09. The van der Waals surface area contributed by atoms with Gasteiger partial charge in [-0.3, -0.25) is 9.29 Å². The Morgan fingerprint density at radius 2 is 1.77 bits per heavy atom. The molecule has 0 fully saturated rings. The molecule has 0 bridgehead atoms. The van der Waals surface area contributed by atoms with Gasteiger partial charge in [0.15, 0.2) is 0 Å². The molecule has 0 radical (unpaired) electrons. The van der Waals surface area contributed by atoms with Crippen molar-refractivity contribution in [1.29, 1.82) is 0 Å². The number of hydrogen-bond acceptors (Lipinski definition) is 3. The van der Waals surface area contributed by atoms with Crippen LogP contribution in [0, 0.1) is 5.82 Å². The van der Waals surface area contributed by atoms with E-state index in [4.69, 9.17) is 23.2 Å². The van der Waals surface area contributed by atoms with Gasteiger partial charge in [-0.05, 0) is 54.1 Å². The largest absolute Gasteiger partial charge is 0.266 e. The van der Waals surface area contributed by atoms with Crippen molar-refractivity contribution in [3.05, 3.63) is 88.4 Å². The van der Waals surface area contributed by atoms with E-state index in [0.717, 1.165) is 18.2 Å². The van der Waals surface area contributed by atoms with Crippen molar-refractivity contribution in [2.24, 2.45) is 0 Å². The first-order valence-corrected chi connectivity index (χ1v) is 9.70. The second-order valence-corrected chi connectivity index (χ2v) is 8.10. The quantitative estimate of drug-likeness (QED) is 0.599. The second-order valence-electron chi connectivity index (χ2n) is 5.42. The highest BCUT2D eigenvalue weighted by Crippen LogP contribution is 2.31. The summed E-state index contributed by atoms with van der Waals surface area (Å²) in [6.07, 6.45) is 3.17. The van der Waals surface area contributed by atoms with Crippen LogP contribution in [0.25, 0.3) is 0 Å². The van der Waals surface area contributed by atoms with Crippen molar-refractivity contribution in [2.45, 2.75) is 11.4 Å². The standard InChI is InChI=1S/C18H13Cl2FN2O2S/c19-14-3-6-16(7-4-14)23(12-13-2-1-9-22-11-13)26(24,25)18-8-5-15(21)10-17(18)20/h1-11H,12H2. The summed E-state index contributed by atoms with van der Waals surface area (Å²) < 4.78 is 41.0. The lowest BCUT2D eigenvalue weighted by Crippen LogP contribution is -2.30. The molecule has 1 heterocycles. The molecule has 0 saturated heterocycles. The van der Waals surface area contributed by atoms with Crippen molar-refractivity contribution in [1.82, 2.24) is 4.98 Å². The lowest BCUT2D eigenvalue weighted by Gasteiger charge is -2.25. The highest BCUT2D eigenvalue weighted by Gasteiger charge is 2.27. The lowest BCUT2D eigenvalue weighted by atomic mass is 10.2. The van der Waals surface area contributed by atoms with E-state index in [2.05, 4.69) is 4.98 Å². The van der Waals surface area contributed by atoms with E-state index in [1.807, 2.05) is 0 Å². The molecule has 26 heavy (non-hydrogen) atoms. The number of nitrogens with zero attached hydrogens (tertiary/aromatic N) is 2. The average molecular weight is 411 g/mol. The molecule has 0 aliphatic heterocycles. The monoisotopic (exact) mass is 410 g/mol. The number of anilines is 1. The third kappa shape index (κ3) is 3.98. The van der Waals surface area contributed by atoms with E-state index >= 15 is 0 Å². The molecule has 0 aliphatic rings. The van der Waals surface area contributed by atoms with Crippen LogP contribution < -0.4 is 4.31 Å². The zero-order valence-corrected chi connectivity index (χ0v) is 15.6. The second kappa shape index (κ2) is 7.61. The van der Waals surface area contributed by atoms with Gasteiger partial charge in [0.25, 0.3) is 10.0 Å². The fourth-order valence-corrected chi connectivity index (χ4v) is 4.47. The molecule has 3 aromatic rings. The molecule has 1 aromatic heterocycles. The van der Waals surface area contributed by atoms with E-state index in [9.17, 15) is 12.8 Å². The van der Waals surface area contributed by atoms with Crippen LogP contribution in [0.4, 0.5) is 10.1 Å². The van der Waals surface area contributed by atoms with Crippen LogP contribution in [0.5, 0.6) is 0 Å². The van der Waals surface area contributed by atoms with E-state index in [0.29, 0.717) is 16.3 Å². The van der Waals surface area contributed by atoms with Gasteiger partial charge < -0.3 is 0 Å². The SMILES string of the molecule is O=S(=O)(c1ccc(F)cc1Cl)N(Cc1cccnc1)c1ccc(Cl)cc1. The summed E-state index contributed by atoms with van der Waals surface area (Å²) in [7, 11) is -4.05. The molecule has 2 aromatic carbocycles. The number of halogens is 3. The van der Waals surface area contributed by atoms with Crippen molar-refractivity contribution < 1.29 is 12.8 Å². The average Bonchev–Trinajstić information content (AvgIpc) is 2.61. The summed E-state index contributed by atoms with van der Waals surface area (Å²) in [5.74, 6) is -0.612. The maximum Gasteiger partial charge on any atom is 0.266 e. The van der Waals surface area contributed by atoms with Gasteiger partial charge in [-0.15, -0.1) is 0 Å². The minimum atomic E-state index is -4.05. The Morgan fingerprint density at radius 1 is 1.04 bits per heavy atom. The fraction of sp³-hybridized carbons (Fsp3) is 0.0556. The maximum atomic E-state index is 13.3. The predicted octanol–water partition coefficient (Wildman–Crippen LogP) is 4.92. The first kappa shape index (κ1) is 18.6. The Labute approximate surface area is 160 Å². The van der Waals surface area contributed by atoms with Gasteiger partial charge in [-0.25, -0.2) is 12.8 Å². The van der Waals surface area contributed by atoms with E-state index in [1.54, 1.807) is 48.8 Å². The van der Waals surface area contributed by atoms with Gasteiger partial charge in [0.2, 0.25) is 0 Å². The van der Waals surface area contributed by atoms with Gasteiger partial charge in [0, 0.05) is 17.4 Å². The normalized spacial score (nSPS) is 11.3. The summed E-state index contributed by atoms with van der Waals surface area (Å²) in [4.78, 5) is 3.83. The first-order valence-electron chi connectivity index (χ1n) is 7.50. The van der Waals surface area contributed by atoms with Crippen molar-refractivity contribution >= 4 is 38.9 Å². The van der Waals surface area contributed by atoms with Crippen molar-refractivity contribution in [3.8, 4) is 0 Å². The third-order valence-electron chi connectivity index (χ3n) is 3.63. The van der Waals surface area contributed by atoms with E-state index in [-0.39, 0.29) is 16.5 Å². The molecule has 0 spiro atoms. The van der Waals surface area contributed by atoms with Gasteiger partial charge in [-0.1, -0.05) is 29.3 Å². The van der Waals surface area contributed by atoms with Crippen LogP contribution in [0.15, 0.2) is 71.9 Å². The summed E-state index contributed by atoms with van der Waals surface area (Å²) >= 11 is 11.9. The molecular formula is C18H13Cl2FN2O2S. The fourth-order valence-electron chi connectivity index (χ4n) is 2.38. The van der Waals surface area contributed by atoms with Crippen LogP contribution in [-0.4, -0.2) is 13.4 Å². The lowest BCUT2D eigenvalue weighted by molar-refractivity contribution is 0.589. The van der Waals surface area contributed by atoms with Gasteiger partial charge in [0.05, 0.1) is 17.3 Å². The number of sulfonamides is 1. The Hall–Kier alpha value is -2.15. The zero-order chi connectivity index (χ0) is 18.7. The van der Waals surface area contributed by atoms with Gasteiger partial charge in [0.1, 0.15) is 10.7 Å². The van der Waals surface area contributed by atoms with Crippen LogP contribution in [0.1, 0.15) is 5.56 Å². The van der Waals surface area contributed by atoms with Crippen LogP contribution in [0.2, 0.25) is 10.0 Å². The molecular weight excluding hydrogens is 398 g/mol. The minimum Gasteiger partial charge on any atom is -0.264 e. The third-order valence-corrected chi connectivity index (χ3v) is 6.13. The number of pyridine rings is 1. The molecule has 0 unspecified atom stereocenters. The van der Waals surface area contributed by atoms with E-state index < -0.39 is 15.8 Å². The van der Waals surface area contributed by atoms with E-state index in [1.165, 1.54) is 4.31 Å². The van der Waals surface area contributed by atoms with Gasteiger partial charge in [-0.2, -0.15) is 0 Å². The Morgan fingerprint density at radius 3 is 2.38 bits per heavy atom. The van der Waals surface area contributed by atoms with Crippen LogP contribution in [0.3, 0.4) is 0 Å². The molecule has 8 heteroatoms. The number of rotatable bonds is 5. The number of benzene rings is 2. The maximum absolute atomic E-state index is 13.3. The number of hydrogen-bond donors (Lipinski definition) is 0. The summed E-state index contributed by atoms with van der Waals surface area (Å²) in [6.45, 7) is 0.0332. The molecule has 134 valence electrons. The Kier molecular flexibility index (Phi) is 5.46. The minimum absolute atomic E-state index is 0.0332. The predicted molar refractivity (Wildman–Crippen MR) is 100 cm³/mol. The van der Waals surface area contributed by atoms with Crippen molar-refractivity contribution in [2.75, 3.05) is 4.31 Å². The van der Waals surface area contributed by atoms with Crippen LogP contribution in [-0.2, 0) is 16.6 Å². The zero-order valence-electron chi connectivity index (χ0n) is 13.3. The molecule has 0 amide bonds. The molecule has 0 saturated carbocycles. The molecule has 3 rings (SSSR count). The molecule has 4 nitrogen and oxygen atoms in total. The van der Waals surface area contributed by atoms with Crippen LogP contribution >= 0.6 is 23.2 Å². The Balaban J connectivity index is 2.11. The summed E-state index contributed by atoms with van der Waals surface area (Å²) in [5, 5.41) is 0.294. The smallest absolute Gasteiger partial charge is 0.264 e. The van der Waals surface area contributed by atoms with Crippen molar-refractivity contribution in [3.63, 3.8) is 0 Å². The number of aromatic nitrogens is 1. The Bertz CT molecular complexity index is 1010. The molecule has 0 atom stereocenters. The highest BCUT2D eigenvalue weighted by atomic mass is 35.5. The van der Waals surface area contributed by atoms with Gasteiger partial charge >= 0.3 is 0 Å². The highest BCUT2D eigenvalue weighted by molar-refractivity contribution is 7.93.